The van der Waals surface area contributed by atoms with Gasteiger partial charge in [0.05, 0.1) is 0 Å². The Kier molecular flexibility index (Phi) is 2.68. The van der Waals surface area contributed by atoms with E-state index in [1.54, 1.807) is 0 Å². The van der Waals surface area contributed by atoms with Gasteiger partial charge in [-0.1, -0.05) is 6.07 Å². The summed E-state index contributed by atoms with van der Waals surface area (Å²) in [7, 11) is 0. The van der Waals surface area contributed by atoms with E-state index in [1.807, 2.05) is 6.07 Å². The molecule has 16 heavy (non-hydrogen) atoms. The second-order valence-corrected chi connectivity index (χ2v) is 4.25. The predicted molar refractivity (Wildman–Crippen MR) is 60.9 cm³/mol. The molecule has 4 nitrogen and oxygen atoms in total. The molecule has 0 radical (unpaired) electrons. The van der Waals surface area contributed by atoms with Crippen LogP contribution in [0.1, 0.15) is 5.56 Å². The summed E-state index contributed by atoms with van der Waals surface area (Å²) in [5.41, 5.74) is 1.30. The average Bonchev–Trinajstić information content (AvgIpc) is 2.77. The highest BCUT2D eigenvalue weighted by atomic mass is 16.7. The smallest absolute Gasteiger partial charge is 0.231 e. The van der Waals surface area contributed by atoms with E-state index in [9.17, 15) is 0 Å². The molecule has 4 heteroatoms. The van der Waals surface area contributed by atoms with Crippen molar-refractivity contribution in [2.24, 2.45) is 0 Å². The number of hydrogen-bond donors (Lipinski definition) is 2. The minimum Gasteiger partial charge on any atom is -0.454 e. The van der Waals surface area contributed by atoms with E-state index in [2.05, 4.69) is 22.8 Å². The third-order valence-electron chi connectivity index (χ3n) is 3.04. The van der Waals surface area contributed by atoms with Gasteiger partial charge in [0.2, 0.25) is 6.79 Å². The van der Waals surface area contributed by atoms with Crippen LogP contribution in [0.4, 0.5) is 0 Å². The molecule has 0 saturated carbocycles. The van der Waals surface area contributed by atoms with Gasteiger partial charge in [-0.25, -0.2) is 0 Å². The molecule has 3 rings (SSSR count). The summed E-state index contributed by atoms with van der Waals surface area (Å²) in [6.45, 7) is 3.50. The molecule has 0 aromatic heterocycles. The van der Waals surface area contributed by atoms with Crippen LogP contribution < -0.4 is 20.1 Å². The van der Waals surface area contributed by atoms with Gasteiger partial charge in [-0.3, -0.25) is 0 Å². The van der Waals surface area contributed by atoms with Crippen molar-refractivity contribution in [3.63, 3.8) is 0 Å². The predicted octanol–water partition coefficient (Wildman–Crippen LogP) is 0.519. The minimum absolute atomic E-state index is 0.349. The zero-order valence-corrected chi connectivity index (χ0v) is 9.16. The number of rotatable bonds is 2. The maximum absolute atomic E-state index is 5.37. The van der Waals surface area contributed by atoms with Crippen LogP contribution in [0.2, 0.25) is 0 Å². The molecule has 1 atom stereocenters. The summed E-state index contributed by atoms with van der Waals surface area (Å²) in [6.07, 6.45) is 1.03. The summed E-state index contributed by atoms with van der Waals surface area (Å²) >= 11 is 0. The largest absolute Gasteiger partial charge is 0.454 e. The number of nitrogens with one attached hydrogen (secondary N) is 2. The van der Waals surface area contributed by atoms with Gasteiger partial charge in [0.15, 0.2) is 11.5 Å². The molecule has 0 bridgehead atoms. The van der Waals surface area contributed by atoms with Crippen LogP contribution >= 0.6 is 0 Å². The summed E-state index contributed by atoms with van der Waals surface area (Å²) in [6, 6.07) is 6.71. The number of benzene rings is 1. The van der Waals surface area contributed by atoms with Gasteiger partial charge in [-0.05, 0) is 24.1 Å². The Bertz CT molecular complexity index is 375. The molecule has 0 aliphatic carbocycles. The first kappa shape index (κ1) is 9.93. The molecular formula is C12H16N2O2. The molecule has 86 valence electrons. The zero-order chi connectivity index (χ0) is 10.8. The van der Waals surface area contributed by atoms with Gasteiger partial charge in [0.25, 0.3) is 0 Å². The highest BCUT2D eigenvalue weighted by Crippen LogP contribution is 2.32. The van der Waals surface area contributed by atoms with E-state index < -0.39 is 0 Å². The Labute approximate surface area is 94.9 Å². The third-order valence-corrected chi connectivity index (χ3v) is 3.04. The fraction of sp³-hybridized carbons (Fsp3) is 0.500. The Morgan fingerprint density at radius 1 is 1.19 bits per heavy atom. The van der Waals surface area contributed by atoms with Crippen molar-refractivity contribution in [1.82, 2.24) is 10.6 Å². The zero-order valence-electron chi connectivity index (χ0n) is 9.16. The Balaban J connectivity index is 1.69. The van der Waals surface area contributed by atoms with E-state index in [0.717, 1.165) is 37.6 Å². The summed E-state index contributed by atoms with van der Waals surface area (Å²) in [4.78, 5) is 0. The van der Waals surface area contributed by atoms with Crippen molar-refractivity contribution < 1.29 is 9.47 Å². The van der Waals surface area contributed by atoms with Crippen LogP contribution in [0.5, 0.6) is 11.5 Å². The maximum Gasteiger partial charge on any atom is 0.231 e. The molecule has 2 aliphatic heterocycles. The molecule has 0 spiro atoms. The highest BCUT2D eigenvalue weighted by molar-refractivity contribution is 5.44. The third kappa shape index (κ3) is 1.99. The number of hydrogen-bond acceptors (Lipinski definition) is 4. The van der Waals surface area contributed by atoms with Crippen molar-refractivity contribution in [2.45, 2.75) is 12.5 Å². The van der Waals surface area contributed by atoms with Crippen molar-refractivity contribution in [1.29, 1.82) is 0 Å². The second kappa shape index (κ2) is 4.31. The van der Waals surface area contributed by atoms with E-state index in [4.69, 9.17) is 9.47 Å². The number of piperazine rings is 1. The lowest BCUT2D eigenvalue weighted by Crippen LogP contribution is -2.49. The maximum atomic E-state index is 5.37. The van der Waals surface area contributed by atoms with Crippen LogP contribution in [0.25, 0.3) is 0 Å². The molecule has 1 saturated heterocycles. The van der Waals surface area contributed by atoms with Crippen molar-refractivity contribution in [2.75, 3.05) is 26.4 Å². The van der Waals surface area contributed by atoms with E-state index in [1.165, 1.54) is 5.56 Å². The molecular weight excluding hydrogens is 204 g/mol. The molecule has 2 N–H and O–H groups in total. The Morgan fingerprint density at radius 2 is 2.12 bits per heavy atom. The normalized spacial score (nSPS) is 23.4. The topological polar surface area (TPSA) is 42.5 Å². The van der Waals surface area contributed by atoms with Crippen LogP contribution in [0.3, 0.4) is 0 Å². The second-order valence-electron chi connectivity index (χ2n) is 4.25. The molecule has 0 unspecified atom stereocenters. The Morgan fingerprint density at radius 3 is 3.00 bits per heavy atom. The van der Waals surface area contributed by atoms with Crippen LogP contribution in [-0.2, 0) is 6.42 Å². The molecule has 2 heterocycles. The van der Waals surface area contributed by atoms with E-state index >= 15 is 0 Å². The van der Waals surface area contributed by atoms with E-state index in [-0.39, 0.29) is 0 Å². The van der Waals surface area contributed by atoms with Gasteiger partial charge in [0.1, 0.15) is 0 Å². The molecule has 1 fully saturated rings. The fourth-order valence-corrected chi connectivity index (χ4v) is 2.21. The summed E-state index contributed by atoms with van der Waals surface area (Å²) in [5, 5.41) is 6.89. The van der Waals surface area contributed by atoms with E-state index in [0.29, 0.717) is 12.8 Å². The van der Waals surface area contributed by atoms with Crippen LogP contribution in [0.15, 0.2) is 18.2 Å². The van der Waals surface area contributed by atoms with Crippen LogP contribution in [0, 0.1) is 0 Å². The molecule has 1 aromatic rings. The van der Waals surface area contributed by atoms with Gasteiger partial charge in [-0.2, -0.15) is 0 Å². The van der Waals surface area contributed by atoms with Gasteiger partial charge in [0, 0.05) is 25.7 Å². The first-order chi connectivity index (χ1) is 7.92. The lowest BCUT2D eigenvalue weighted by Gasteiger charge is -2.24. The van der Waals surface area contributed by atoms with Crippen molar-refractivity contribution >= 4 is 0 Å². The molecule has 0 amide bonds. The van der Waals surface area contributed by atoms with Gasteiger partial charge < -0.3 is 20.1 Å². The summed E-state index contributed by atoms with van der Waals surface area (Å²) in [5.74, 6) is 1.74. The fourth-order valence-electron chi connectivity index (χ4n) is 2.21. The number of fused-ring (bicyclic) bond motifs is 1. The average molecular weight is 220 g/mol. The van der Waals surface area contributed by atoms with Gasteiger partial charge in [-0.15, -0.1) is 0 Å². The minimum atomic E-state index is 0.349. The highest BCUT2D eigenvalue weighted by Gasteiger charge is 2.16. The van der Waals surface area contributed by atoms with Crippen molar-refractivity contribution in [3.8, 4) is 11.5 Å². The van der Waals surface area contributed by atoms with Crippen LogP contribution in [-0.4, -0.2) is 32.5 Å². The molecule has 2 aliphatic rings. The SMILES string of the molecule is c1cc2c(cc1C[C@H]1CNCCN1)OCO2. The van der Waals surface area contributed by atoms with Crippen molar-refractivity contribution in [3.05, 3.63) is 23.8 Å². The molecule has 1 aromatic carbocycles. The lowest BCUT2D eigenvalue weighted by molar-refractivity contribution is 0.174. The first-order valence-corrected chi connectivity index (χ1v) is 5.74. The first-order valence-electron chi connectivity index (χ1n) is 5.74. The summed E-state index contributed by atoms with van der Waals surface area (Å²) < 4.78 is 10.7. The number of ether oxygens (including phenoxy) is 2. The monoisotopic (exact) mass is 220 g/mol. The standard InChI is InChI=1S/C12H16N2O2/c1-2-11-12(16-8-15-11)6-9(1)5-10-7-13-3-4-14-10/h1-2,6,10,13-14H,3-5,7-8H2/t10-/m0/s1. The Hall–Kier alpha value is -1.26. The van der Waals surface area contributed by atoms with Gasteiger partial charge >= 0.3 is 0 Å². The lowest BCUT2D eigenvalue weighted by atomic mass is 10.0. The quantitative estimate of drug-likeness (QED) is 0.762.